The largest absolute Gasteiger partial charge is 0.450 e. The van der Waals surface area contributed by atoms with E-state index in [2.05, 4.69) is 22.4 Å². The molecule has 0 bridgehead atoms. The Labute approximate surface area is 200 Å². The second-order valence-electron chi connectivity index (χ2n) is 7.00. The second kappa shape index (κ2) is 12.4. The predicted molar refractivity (Wildman–Crippen MR) is 129 cm³/mol. The molecule has 0 fully saturated rings. The van der Waals surface area contributed by atoms with E-state index in [1.54, 1.807) is 24.3 Å². The maximum absolute atomic E-state index is 12.5. The van der Waals surface area contributed by atoms with Gasteiger partial charge in [-0.1, -0.05) is 67.3 Å². The lowest BCUT2D eigenvalue weighted by atomic mass is 10.1. The number of anilines is 1. The predicted octanol–water partition coefficient (Wildman–Crippen LogP) is 6.99. The van der Waals surface area contributed by atoms with Crippen molar-refractivity contribution in [3.05, 3.63) is 57.8 Å². The number of carbonyl (C=O) groups is 1. The van der Waals surface area contributed by atoms with Crippen LogP contribution in [0.4, 0.5) is 5.13 Å². The van der Waals surface area contributed by atoms with Crippen LogP contribution in [-0.4, -0.2) is 16.1 Å². The molecule has 1 amide bonds. The molecule has 0 radical (unpaired) electrons. The minimum atomic E-state index is -0.540. The third kappa shape index (κ3) is 7.52. The summed E-state index contributed by atoms with van der Waals surface area (Å²) in [4.78, 5) is 13.5. The van der Waals surface area contributed by atoms with Gasteiger partial charge in [-0.15, -0.1) is 10.2 Å². The van der Waals surface area contributed by atoms with Crippen LogP contribution in [0.15, 0.2) is 56.4 Å². The molecule has 6 nitrogen and oxygen atoms in total. The number of carbonyl (C=O) groups excluding carboxylic acids is 1. The van der Waals surface area contributed by atoms with Crippen molar-refractivity contribution in [2.24, 2.45) is 0 Å². The normalized spacial score (nSPS) is 11.3. The Hall–Kier alpha value is -2.60. The molecular weight excluding hydrogens is 464 g/mol. The van der Waals surface area contributed by atoms with E-state index in [-0.39, 0.29) is 5.57 Å². The van der Waals surface area contributed by atoms with Gasteiger partial charge >= 0.3 is 0 Å². The fourth-order valence-electron chi connectivity index (χ4n) is 2.83. The molecule has 0 saturated carbocycles. The number of amides is 1. The Bertz CT molecular complexity index is 1100. The molecule has 0 spiro atoms. The van der Waals surface area contributed by atoms with Crippen LogP contribution < -0.4 is 5.32 Å². The zero-order valence-corrected chi connectivity index (χ0v) is 20.0. The highest BCUT2D eigenvalue weighted by Gasteiger charge is 2.14. The zero-order chi connectivity index (χ0) is 22.8. The van der Waals surface area contributed by atoms with E-state index in [1.807, 2.05) is 18.2 Å². The van der Waals surface area contributed by atoms with Crippen LogP contribution in [0.3, 0.4) is 0 Å². The van der Waals surface area contributed by atoms with Crippen molar-refractivity contribution in [3.63, 3.8) is 0 Å². The molecule has 9 heteroatoms. The minimum Gasteiger partial charge on any atom is -0.450 e. The van der Waals surface area contributed by atoms with E-state index < -0.39 is 5.91 Å². The van der Waals surface area contributed by atoms with Gasteiger partial charge < -0.3 is 4.42 Å². The molecule has 0 aliphatic carbocycles. The van der Waals surface area contributed by atoms with Gasteiger partial charge in [0.2, 0.25) is 5.13 Å². The smallest absolute Gasteiger partial charge is 0.268 e. The monoisotopic (exact) mass is 486 g/mol. The number of nitrogens with zero attached hydrogens (tertiary/aromatic N) is 3. The van der Waals surface area contributed by atoms with E-state index in [9.17, 15) is 10.1 Å². The third-order valence-corrected chi connectivity index (χ3v) is 6.55. The van der Waals surface area contributed by atoms with Crippen molar-refractivity contribution >= 4 is 51.8 Å². The first kappa shape index (κ1) is 24.1. The van der Waals surface area contributed by atoms with Crippen molar-refractivity contribution in [2.45, 2.75) is 55.4 Å². The number of aryl methyl sites for hydroxylation is 1. The summed E-state index contributed by atoms with van der Waals surface area (Å²) in [6, 6.07) is 12.8. The molecule has 3 rings (SSSR count). The molecule has 1 aromatic carbocycles. The summed E-state index contributed by atoms with van der Waals surface area (Å²) in [5.74, 6) is -0.125. The van der Waals surface area contributed by atoms with Gasteiger partial charge in [-0.05, 0) is 42.8 Å². The molecule has 166 valence electrons. The fraction of sp³-hybridized carbons (Fsp3) is 0.304. The molecule has 0 atom stereocenters. The molecule has 1 N–H and O–H groups in total. The maximum atomic E-state index is 12.5. The lowest BCUT2D eigenvalue weighted by molar-refractivity contribution is -0.112. The fourth-order valence-corrected chi connectivity index (χ4v) is 4.51. The number of unbranched alkanes of at least 4 members (excludes halogenated alkanes) is 4. The summed E-state index contributed by atoms with van der Waals surface area (Å²) in [6.45, 7) is 2.19. The van der Waals surface area contributed by atoms with E-state index in [1.165, 1.54) is 48.4 Å². The third-order valence-electron chi connectivity index (χ3n) is 4.47. The van der Waals surface area contributed by atoms with Gasteiger partial charge in [0.15, 0.2) is 5.09 Å². The Kier molecular flexibility index (Phi) is 9.35. The molecule has 0 unspecified atom stereocenters. The summed E-state index contributed by atoms with van der Waals surface area (Å²) < 4.78 is 5.72. The van der Waals surface area contributed by atoms with Crippen molar-refractivity contribution in [1.29, 1.82) is 5.26 Å². The number of aromatic nitrogens is 2. The van der Waals surface area contributed by atoms with Gasteiger partial charge in [0, 0.05) is 22.4 Å². The van der Waals surface area contributed by atoms with Crippen LogP contribution in [-0.2, 0) is 11.2 Å². The average molecular weight is 487 g/mol. The molecule has 0 aliphatic heterocycles. The summed E-state index contributed by atoms with van der Waals surface area (Å²) in [5.41, 5.74) is -0.0706. The van der Waals surface area contributed by atoms with Crippen molar-refractivity contribution in [2.75, 3.05) is 5.32 Å². The molecular formula is C23H23ClN4O2S2. The Morgan fingerprint density at radius 3 is 2.72 bits per heavy atom. The van der Waals surface area contributed by atoms with Crippen LogP contribution in [0.25, 0.3) is 6.08 Å². The Morgan fingerprint density at radius 1 is 1.19 bits per heavy atom. The number of benzene rings is 1. The second-order valence-corrected chi connectivity index (χ2v) is 9.58. The van der Waals surface area contributed by atoms with Gasteiger partial charge in [0.25, 0.3) is 5.91 Å². The quantitative estimate of drug-likeness (QED) is 0.178. The number of nitriles is 1. The number of hydrogen-bond donors (Lipinski definition) is 1. The summed E-state index contributed by atoms with van der Waals surface area (Å²) in [7, 11) is 0. The van der Waals surface area contributed by atoms with Gasteiger partial charge in [-0.25, -0.2) is 0 Å². The lowest BCUT2D eigenvalue weighted by Crippen LogP contribution is -2.13. The van der Waals surface area contributed by atoms with Gasteiger partial charge in [-0.2, -0.15) is 5.26 Å². The van der Waals surface area contributed by atoms with Crippen molar-refractivity contribution in [3.8, 4) is 6.07 Å². The number of halogens is 1. The number of hydrogen-bond acceptors (Lipinski definition) is 7. The highest BCUT2D eigenvalue weighted by Crippen LogP contribution is 2.30. The first-order chi connectivity index (χ1) is 15.6. The number of nitrogens with one attached hydrogen (secondary N) is 1. The lowest BCUT2D eigenvalue weighted by Gasteiger charge is -1.99. The molecule has 32 heavy (non-hydrogen) atoms. The highest BCUT2D eigenvalue weighted by atomic mass is 35.5. The van der Waals surface area contributed by atoms with Crippen molar-refractivity contribution in [1.82, 2.24) is 10.2 Å². The average Bonchev–Trinajstić information content (AvgIpc) is 3.42. The summed E-state index contributed by atoms with van der Waals surface area (Å²) in [5, 5.41) is 22.8. The highest BCUT2D eigenvalue weighted by molar-refractivity contribution is 7.99. The molecule has 0 aliphatic rings. The molecule has 2 aromatic heterocycles. The van der Waals surface area contributed by atoms with Crippen LogP contribution in [0.5, 0.6) is 0 Å². The zero-order valence-electron chi connectivity index (χ0n) is 17.6. The van der Waals surface area contributed by atoms with Crippen LogP contribution in [0, 0.1) is 11.3 Å². The van der Waals surface area contributed by atoms with Crippen LogP contribution in [0.2, 0.25) is 5.02 Å². The first-order valence-corrected chi connectivity index (χ1v) is 12.4. The molecule has 2 heterocycles. The summed E-state index contributed by atoms with van der Waals surface area (Å²) in [6.07, 6.45) is 8.16. The van der Waals surface area contributed by atoms with Gasteiger partial charge in [0.05, 0.1) is 0 Å². The van der Waals surface area contributed by atoms with Gasteiger partial charge in [0.1, 0.15) is 22.4 Å². The first-order valence-electron chi connectivity index (χ1n) is 10.4. The topological polar surface area (TPSA) is 91.8 Å². The van der Waals surface area contributed by atoms with E-state index in [0.29, 0.717) is 21.0 Å². The molecule has 0 saturated heterocycles. The maximum Gasteiger partial charge on any atom is 0.268 e. The number of rotatable bonds is 11. The minimum absolute atomic E-state index is 0.0706. The summed E-state index contributed by atoms with van der Waals surface area (Å²) >= 11 is 8.66. The van der Waals surface area contributed by atoms with Crippen molar-refractivity contribution < 1.29 is 9.21 Å². The van der Waals surface area contributed by atoms with E-state index in [4.69, 9.17) is 16.0 Å². The van der Waals surface area contributed by atoms with Gasteiger partial charge in [-0.3, -0.25) is 10.1 Å². The Morgan fingerprint density at radius 2 is 1.97 bits per heavy atom. The SMILES string of the molecule is CCCCCCCc1nnc(NC(=O)C(C#N)=Cc2ccc(Sc3ccc(Cl)cc3)o2)s1. The molecule has 3 aromatic rings. The van der Waals surface area contributed by atoms with E-state index >= 15 is 0 Å². The Balaban J connectivity index is 1.56. The number of furan rings is 1. The standard InChI is InChI=1S/C23H23ClN4O2S2/c1-2-3-4-5-6-7-20-27-28-23(32-20)26-22(29)16(15-25)14-18-10-13-21(30-18)31-19-11-8-17(24)9-12-19/h8-14H,2-7H2,1H3,(H,26,28,29). The van der Waals surface area contributed by atoms with E-state index in [0.717, 1.165) is 29.2 Å². The van der Waals surface area contributed by atoms with Crippen LogP contribution in [0.1, 0.15) is 49.8 Å². The van der Waals surface area contributed by atoms with Crippen LogP contribution >= 0.6 is 34.7 Å².